The molecule has 1 fully saturated rings. The highest BCUT2D eigenvalue weighted by molar-refractivity contribution is 5.93. The third-order valence-corrected chi connectivity index (χ3v) is 6.40. The molecule has 2 amide bonds. The largest absolute Gasteiger partial charge is 0.492 e. The smallest absolute Gasteiger partial charge is 0.310 e. The van der Waals surface area contributed by atoms with E-state index in [0.29, 0.717) is 31.1 Å². The van der Waals surface area contributed by atoms with Crippen molar-refractivity contribution in [1.82, 2.24) is 24.6 Å². The summed E-state index contributed by atoms with van der Waals surface area (Å²) in [6.07, 6.45) is 7.08. The van der Waals surface area contributed by atoms with E-state index in [-0.39, 0.29) is 30.3 Å². The molecule has 0 aliphatic heterocycles. The van der Waals surface area contributed by atoms with Crippen molar-refractivity contribution in [2.75, 3.05) is 30.8 Å². The van der Waals surface area contributed by atoms with Crippen LogP contribution in [-0.2, 0) is 16.1 Å². The van der Waals surface area contributed by atoms with Crippen LogP contribution in [0.2, 0.25) is 0 Å². The van der Waals surface area contributed by atoms with Gasteiger partial charge in [-0.1, -0.05) is 30.5 Å². The third kappa shape index (κ3) is 7.48. The Morgan fingerprint density at radius 1 is 1.19 bits per heavy atom. The number of amides is 2. The van der Waals surface area contributed by atoms with E-state index in [0.717, 1.165) is 30.6 Å². The van der Waals surface area contributed by atoms with Gasteiger partial charge in [-0.25, -0.2) is 4.98 Å². The molecule has 0 saturated heterocycles. The van der Waals surface area contributed by atoms with Gasteiger partial charge >= 0.3 is 6.08 Å². The lowest BCUT2D eigenvalue weighted by Crippen LogP contribution is -2.40. The summed E-state index contributed by atoms with van der Waals surface area (Å²) in [6, 6.07) is 9.16. The van der Waals surface area contributed by atoms with Crippen molar-refractivity contribution in [3.63, 3.8) is 0 Å². The summed E-state index contributed by atoms with van der Waals surface area (Å²) in [5, 5.41) is 10.3. The average molecular weight is 510 g/mol. The Morgan fingerprint density at radius 2 is 1.97 bits per heavy atom. The first-order chi connectivity index (χ1) is 17.9. The van der Waals surface area contributed by atoms with Crippen LogP contribution in [0.5, 0.6) is 5.75 Å². The molecular formula is C26H32FN7O3. The maximum absolute atomic E-state index is 13.4. The van der Waals surface area contributed by atoms with Crippen LogP contribution >= 0.6 is 0 Å². The maximum Gasteiger partial charge on any atom is 0.310 e. The van der Waals surface area contributed by atoms with Crippen LogP contribution < -0.4 is 15.4 Å². The van der Waals surface area contributed by atoms with Crippen LogP contribution in [0.3, 0.4) is 0 Å². The minimum absolute atomic E-state index is 0.0454. The molecular weight excluding hydrogens is 477 g/mol. The molecule has 2 N–H and O–H groups in total. The zero-order valence-electron chi connectivity index (χ0n) is 21.1. The number of nitrogens with one attached hydrogen (secondary N) is 2. The number of ether oxygens (including phenoxy) is 1. The molecule has 10 nitrogen and oxygen atoms in total. The minimum Gasteiger partial charge on any atom is -0.492 e. The fraction of sp³-hybridized carbons (Fsp3) is 0.423. The van der Waals surface area contributed by atoms with Gasteiger partial charge in [-0.15, -0.1) is 0 Å². The first-order valence-electron chi connectivity index (χ1n) is 12.4. The number of anilines is 2. The van der Waals surface area contributed by atoms with Crippen molar-refractivity contribution < 1.29 is 18.7 Å². The second-order valence-electron chi connectivity index (χ2n) is 9.25. The molecule has 2 aromatic heterocycles. The highest BCUT2D eigenvalue weighted by atomic mass is 19.1. The molecule has 0 bridgehead atoms. The molecule has 11 heteroatoms. The van der Waals surface area contributed by atoms with Gasteiger partial charge < -0.3 is 20.3 Å². The van der Waals surface area contributed by atoms with Gasteiger partial charge in [0.05, 0.1) is 24.3 Å². The van der Waals surface area contributed by atoms with Crippen molar-refractivity contribution in [3.05, 3.63) is 60.6 Å². The van der Waals surface area contributed by atoms with Gasteiger partial charge in [0.25, 0.3) is 0 Å². The van der Waals surface area contributed by atoms with Gasteiger partial charge in [-0.3, -0.25) is 14.3 Å². The molecule has 3 aromatic rings. The van der Waals surface area contributed by atoms with Crippen molar-refractivity contribution in [2.45, 2.75) is 45.2 Å². The SMILES string of the molecule is Cc1ccc(OCCN(C)C(=O)Cn2cc(NC(=O)C3CCCCC3Nc3ccnc(F)n3)cn2)cc1. The third-order valence-electron chi connectivity index (χ3n) is 6.40. The molecule has 0 spiro atoms. The average Bonchev–Trinajstić information content (AvgIpc) is 3.32. The molecule has 37 heavy (non-hydrogen) atoms. The molecule has 4 rings (SSSR count). The van der Waals surface area contributed by atoms with E-state index in [4.69, 9.17) is 4.74 Å². The van der Waals surface area contributed by atoms with E-state index >= 15 is 0 Å². The van der Waals surface area contributed by atoms with Crippen LogP contribution in [0, 0.1) is 18.9 Å². The Morgan fingerprint density at radius 3 is 2.76 bits per heavy atom. The molecule has 1 aromatic carbocycles. The Labute approximate surface area is 215 Å². The number of carbonyl (C=O) groups excluding carboxylic acids is 2. The number of aromatic nitrogens is 4. The summed E-state index contributed by atoms with van der Waals surface area (Å²) < 4.78 is 20.6. The van der Waals surface area contributed by atoms with Gasteiger partial charge in [0, 0.05) is 25.5 Å². The second-order valence-corrected chi connectivity index (χ2v) is 9.25. The van der Waals surface area contributed by atoms with E-state index in [9.17, 15) is 14.0 Å². The molecule has 2 heterocycles. The number of hydrogen-bond acceptors (Lipinski definition) is 7. The second kappa shape index (κ2) is 12.3. The predicted octanol–water partition coefficient (Wildman–Crippen LogP) is 3.27. The number of rotatable bonds is 10. The lowest BCUT2D eigenvalue weighted by molar-refractivity contribution is -0.131. The lowest BCUT2D eigenvalue weighted by Gasteiger charge is -2.31. The standard InChI is InChI=1S/C26H32FN7O3/c1-18-7-9-20(10-8-18)37-14-13-33(2)24(35)17-34-16-19(15-29-34)30-25(36)21-5-3-4-6-22(21)31-23-11-12-28-26(27)32-23/h7-12,15-16,21-22H,3-6,13-14,17H2,1-2H3,(H,30,36)(H,28,31,32). The highest BCUT2D eigenvalue weighted by Gasteiger charge is 2.31. The molecule has 1 saturated carbocycles. The van der Waals surface area contributed by atoms with Crippen molar-refractivity contribution in [2.24, 2.45) is 5.92 Å². The molecule has 0 radical (unpaired) electrons. The normalized spacial score (nSPS) is 17.2. The van der Waals surface area contributed by atoms with Crippen molar-refractivity contribution in [3.8, 4) is 5.75 Å². The van der Waals surface area contributed by atoms with Crippen LogP contribution in [0.1, 0.15) is 31.2 Å². The number of nitrogens with zero attached hydrogens (tertiary/aromatic N) is 5. The number of halogens is 1. The fourth-order valence-corrected chi connectivity index (χ4v) is 4.29. The van der Waals surface area contributed by atoms with Crippen LogP contribution in [0.25, 0.3) is 0 Å². The summed E-state index contributed by atoms with van der Waals surface area (Å²) in [5.74, 6) is 0.539. The highest BCUT2D eigenvalue weighted by Crippen LogP contribution is 2.28. The van der Waals surface area contributed by atoms with Gasteiger partial charge in [0.15, 0.2) is 0 Å². The van der Waals surface area contributed by atoms with Gasteiger partial charge in [0.2, 0.25) is 11.8 Å². The van der Waals surface area contributed by atoms with Crippen LogP contribution in [0.15, 0.2) is 48.9 Å². The number of aryl methyl sites for hydroxylation is 1. The number of benzene rings is 1. The summed E-state index contributed by atoms with van der Waals surface area (Å²) >= 11 is 0. The van der Waals surface area contributed by atoms with Gasteiger partial charge in [-0.2, -0.15) is 14.5 Å². The van der Waals surface area contributed by atoms with E-state index in [1.54, 1.807) is 24.2 Å². The molecule has 1 aliphatic rings. The number of likely N-dealkylation sites (N-methyl/N-ethyl adjacent to an activating group) is 1. The van der Waals surface area contributed by atoms with Crippen molar-refractivity contribution in [1.29, 1.82) is 0 Å². The van der Waals surface area contributed by atoms with Crippen LogP contribution in [0.4, 0.5) is 15.9 Å². The van der Waals surface area contributed by atoms with Gasteiger partial charge in [-0.05, 0) is 38.0 Å². The zero-order valence-corrected chi connectivity index (χ0v) is 21.1. The monoisotopic (exact) mass is 509 g/mol. The lowest BCUT2D eigenvalue weighted by atomic mass is 9.83. The minimum atomic E-state index is -0.812. The Balaban J connectivity index is 1.26. The zero-order chi connectivity index (χ0) is 26.2. The quantitative estimate of drug-likeness (QED) is 0.403. The number of hydrogen-bond donors (Lipinski definition) is 2. The molecule has 2 atom stereocenters. The first-order valence-corrected chi connectivity index (χ1v) is 12.4. The summed E-state index contributed by atoms with van der Waals surface area (Å²) in [7, 11) is 1.72. The summed E-state index contributed by atoms with van der Waals surface area (Å²) in [4.78, 5) is 34.4. The van der Waals surface area contributed by atoms with Crippen molar-refractivity contribution >= 4 is 23.3 Å². The first kappa shape index (κ1) is 26.1. The topological polar surface area (TPSA) is 114 Å². The number of carbonyl (C=O) groups is 2. The van der Waals surface area contributed by atoms with E-state index in [1.807, 2.05) is 31.2 Å². The summed E-state index contributed by atoms with van der Waals surface area (Å²) in [6.45, 7) is 2.87. The van der Waals surface area contributed by atoms with E-state index in [1.165, 1.54) is 17.1 Å². The fourth-order valence-electron chi connectivity index (χ4n) is 4.29. The van der Waals surface area contributed by atoms with E-state index in [2.05, 4.69) is 25.7 Å². The Bertz CT molecular complexity index is 1200. The van der Waals surface area contributed by atoms with Gasteiger partial charge in [0.1, 0.15) is 24.7 Å². The van der Waals surface area contributed by atoms with E-state index < -0.39 is 6.08 Å². The predicted molar refractivity (Wildman–Crippen MR) is 137 cm³/mol. The molecule has 196 valence electrons. The molecule has 1 aliphatic carbocycles. The van der Waals surface area contributed by atoms with Crippen LogP contribution in [-0.4, -0.2) is 62.7 Å². The Hall–Kier alpha value is -4.02. The molecule has 2 unspecified atom stereocenters. The summed E-state index contributed by atoms with van der Waals surface area (Å²) in [5.41, 5.74) is 1.67. The Kier molecular flexibility index (Phi) is 8.65. The maximum atomic E-state index is 13.4.